The van der Waals surface area contributed by atoms with Gasteiger partial charge in [0.2, 0.25) is 23.6 Å². The Morgan fingerprint density at radius 1 is 0.812 bits per heavy atom. The van der Waals surface area contributed by atoms with E-state index in [9.17, 15) is 54.0 Å². The van der Waals surface area contributed by atoms with Gasteiger partial charge in [0.25, 0.3) is 25.8 Å². The highest BCUT2D eigenvalue weighted by molar-refractivity contribution is 7.99. The van der Waals surface area contributed by atoms with Crippen molar-refractivity contribution in [2.45, 2.75) is 177 Å². The van der Waals surface area contributed by atoms with Crippen LogP contribution in [0.2, 0.25) is 0 Å². The third kappa shape index (κ3) is 20.8. The van der Waals surface area contributed by atoms with E-state index in [1.54, 1.807) is 38.8 Å². The fourth-order valence-corrected chi connectivity index (χ4v) is 17.4. The number of rotatable bonds is 29. The molecule has 3 saturated heterocycles. The average molecular weight is 1470 g/mol. The Hall–Kier alpha value is -7.10. The summed E-state index contributed by atoms with van der Waals surface area (Å²) in [6.07, 6.45) is 8.06. The van der Waals surface area contributed by atoms with Crippen molar-refractivity contribution in [3.63, 3.8) is 0 Å². The lowest BCUT2D eigenvalue weighted by Crippen LogP contribution is -2.57. The van der Waals surface area contributed by atoms with Gasteiger partial charge in [-0.05, 0) is 155 Å². The molecular weight excluding hydrogens is 1370 g/mol. The Balaban J connectivity index is 0.763. The summed E-state index contributed by atoms with van der Waals surface area (Å²) in [7, 11) is -11.1. The van der Waals surface area contributed by atoms with Crippen molar-refractivity contribution in [2.75, 3.05) is 88.0 Å². The maximum Gasteiger partial charge on any atom is 0.501 e. The Labute approximate surface area is 602 Å². The number of halogens is 3. The van der Waals surface area contributed by atoms with Gasteiger partial charge in [0.15, 0.2) is 0 Å². The van der Waals surface area contributed by atoms with Gasteiger partial charge in [0.05, 0.1) is 32.7 Å². The van der Waals surface area contributed by atoms with Crippen LogP contribution in [0.4, 0.5) is 24.5 Å². The van der Waals surface area contributed by atoms with E-state index in [0.29, 0.717) is 64.6 Å². The Bertz CT molecular complexity index is 4000. The molecule has 4 aromatic carbocycles. The number of piperazine rings is 2. The number of sulfonamides is 1. The number of benzene rings is 4. The van der Waals surface area contributed by atoms with Crippen molar-refractivity contribution in [1.82, 2.24) is 39.9 Å². The van der Waals surface area contributed by atoms with Gasteiger partial charge in [0.1, 0.15) is 17.0 Å². The Morgan fingerprint density at radius 3 is 2.14 bits per heavy atom. The summed E-state index contributed by atoms with van der Waals surface area (Å²) in [6.45, 7) is 26.9. The summed E-state index contributed by atoms with van der Waals surface area (Å²) in [5.74, 6) is -1.97. The monoisotopic (exact) mass is 1470 g/mol. The normalized spacial score (nSPS) is 18.2. The van der Waals surface area contributed by atoms with Crippen LogP contribution in [0.3, 0.4) is 0 Å². The fraction of sp³-hybridized carbons (Fsp3) is 0.520. The van der Waals surface area contributed by atoms with Crippen LogP contribution < -0.4 is 25.6 Å². The summed E-state index contributed by atoms with van der Waals surface area (Å²) in [5, 5.41) is 9.04. The number of amides is 5. The van der Waals surface area contributed by atoms with Crippen LogP contribution in [-0.2, 0) is 39.0 Å². The molecule has 4 aliphatic rings. The molecule has 1 aromatic heterocycles. The van der Waals surface area contributed by atoms with Gasteiger partial charge in [-0.3, -0.25) is 33.8 Å². The minimum atomic E-state index is -6.18. The van der Waals surface area contributed by atoms with Crippen LogP contribution >= 0.6 is 23.1 Å². The first-order valence-corrected chi connectivity index (χ1v) is 39.9. The number of alkyl halides is 3. The molecule has 5 aromatic rings. The molecule has 0 unspecified atom stereocenters. The molecule has 9 rings (SSSR count). The van der Waals surface area contributed by atoms with E-state index in [1.807, 2.05) is 99.4 Å². The molecule has 0 radical (unpaired) electrons. The number of hydrogen-bond donors (Lipinski definition) is 4. The van der Waals surface area contributed by atoms with Crippen molar-refractivity contribution in [2.24, 2.45) is 10.8 Å². The molecule has 0 saturated carbocycles. The molecule has 19 nitrogen and oxygen atoms in total. The number of aryl methyl sites for hydroxylation is 1. The SMILES string of the molecule is C=C(CC)CCC1=C(CN2CCN(c3ccc(C(=O)NS(=O)(=O)c4ccc(N[C@H](CCN5CCN(C(=O)CCCC(=O)N[C@H](C(=O)N6CCC[C@H]6C(=O)N[C@@H](C)c6ccc(-c7scnc7C)cc6)C(C)(C)C)CC5)CSc5ccccc5)c(S(=O)(=O)C(F)(F)F)c4)cc3)CC2)CCC(C)(C)C1. The quantitative estimate of drug-likeness (QED) is 0.0258. The van der Waals surface area contributed by atoms with E-state index < -0.39 is 76.2 Å². The maximum absolute atomic E-state index is 14.6. The topological polar surface area (TPSA) is 231 Å². The predicted molar refractivity (Wildman–Crippen MR) is 394 cm³/mol. The highest BCUT2D eigenvalue weighted by Gasteiger charge is 2.49. The fourth-order valence-electron chi connectivity index (χ4n) is 13.5. The molecule has 0 spiro atoms. The average Bonchev–Trinajstić information content (AvgIpc) is 1.34. The summed E-state index contributed by atoms with van der Waals surface area (Å²) in [6, 6.07) is 23.3. The minimum Gasteiger partial charge on any atom is -0.380 e. The zero-order valence-corrected chi connectivity index (χ0v) is 62.7. The van der Waals surface area contributed by atoms with E-state index in [1.165, 1.54) is 35.0 Å². The number of aromatic nitrogens is 1. The molecule has 4 heterocycles. The first-order valence-electron chi connectivity index (χ1n) is 35.1. The van der Waals surface area contributed by atoms with E-state index in [4.69, 9.17) is 0 Å². The van der Waals surface area contributed by atoms with E-state index in [0.717, 1.165) is 116 Å². The number of likely N-dealkylation sites (tertiary alicyclic amines) is 1. The van der Waals surface area contributed by atoms with Crippen LogP contribution in [0.1, 0.15) is 153 Å². The summed E-state index contributed by atoms with van der Waals surface area (Å²) >= 11 is 2.95. The number of carbonyl (C=O) groups excluding carboxylic acids is 5. The van der Waals surface area contributed by atoms with Gasteiger partial charge in [0, 0.05) is 113 Å². The first kappa shape index (κ1) is 78.0. The third-order valence-electron chi connectivity index (χ3n) is 19.8. The Kier molecular flexibility index (Phi) is 26.3. The molecule has 5 amide bonds. The van der Waals surface area contributed by atoms with Crippen molar-refractivity contribution < 1.29 is 54.0 Å². The van der Waals surface area contributed by atoms with E-state index in [-0.39, 0.29) is 59.8 Å². The number of sulfone groups is 1. The van der Waals surface area contributed by atoms with Gasteiger partial charge in [-0.2, -0.15) is 13.2 Å². The highest BCUT2D eigenvalue weighted by atomic mass is 32.2. The standard InChI is InChI=1S/C75H99F3N10O9S4/c1-10-51(2)21-22-57-47-74(8,9)35-33-58(57)48-85-40-42-86(43-41-85)60-29-27-56(28-30-60)70(91)83-101(96,97)62-31-32-63(65(46-62)100(94,95)75(76,77)78)81-59(49-98-61-16-12-11-13-17-61)34-37-84-38-44-87(45-39-84)67(90)20-14-19-66(89)82-69(73(5,6)7)72(93)88-36-15-18-64(88)71(92)80-52(3)54-23-25-55(26-24-54)68-53(4)79-50-99-68/h11-13,16-17,23-32,46,50,52,59,64,69,81H,2,10,14-15,18-22,33-45,47-49H2,1,3-9H3,(H,80,92)(H,82,89)(H,83,91)/t52-,59+,64-,69+/m0/s1. The summed E-state index contributed by atoms with van der Waals surface area (Å²) < 4.78 is 100. The van der Waals surface area contributed by atoms with Gasteiger partial charge in [-0.1, -0.05) is 107 Å². The number of thioether (sulfide) groups is 1. The lowest BCUT2D eigenvalue weighted by atomic mass is 9.73. The molecule has 4 atom stereocenters. The largest absolute Gasteiger partial charge is 0.501 e. The third-order valence-corrected chi connectivity index (χ3v) is 24.9. The number of nitrogens with one attached hydrogen (secondary N) is 4. The predicted octanol–water partition coefficient (Wildman–Crippen LogP) is 12.6. The molecule has 4 N–H and O–H groups in total. The molecule has 3 fully saturated rings. The molecule has 548 valence electrons. The van der Waals surface area contributed by atoms with Crippen LogP contribution in [-0.4, -0.2) is 172 Å². The summed E-state index contributed by atoms with van der Waals surface area (Å²) in [5.41, 5.74) is 3.15. The number of nitrogens with zero attached hydrogens (tertiary/aromatic N) is 6. The van der Waals surface area contributed by atoms with E-state index >= 15 is 0 Å². The van der Waals surface area contributed by atoms with Crippen LogP contribution in [0.25, 0.3) is 10.4 Å². The highest BCUT2D eigenvalue weighted by Crippen LogP contribution is 2.42. The van der Waals surface area contributed by atoms with Gasteiger partial charge < -0.3 is 30.7 Å². The summed E-state index contributed by atoms with van der Waals surface area (Å²) in [4.78, 5) is 83.0. The zero-order valence-electron chi connectivity index (χ0n) is 59.4. The van der Waals surface area contributed by atoms with Crippen LogP contribution in [0, 0.1) is 17.8 Å². The molecule has 3 aliphatic heterocycles. The lowest BCUT2D eigenvalue weighted by molar-refractivity contribution is -0.144. The van der Waals surface area contributed by atoms with Crippen molar-refractivity contribution in [1.29, 1.82) is 0 Å². The van der Waals surface area contributed by atoms with Crippen molar-refractivity contribution in [3.8, 4) is 10.4 Å². The number of allylic oxidation sites excluding steroid dienone is 2. The Morgan fingerprint density at radius 2 is 1.50 bits per heavy atom. The maximum atomic E-state index is 14.6. The molecule has 0 bridgehead atoms. The second kappa shape index (κ2) is 34.0. The van der Waals surface area contributed by atoms with Gasteiger partial charge in [-0.15, -0.1) is 23.1 Å². The van der Waals surface area contributed by atoms with Crippen LogP contribution in [0.5, 0.6) is 0 Å². The van der Waals surface area contributed by atoms with Crippen molar-refractivity contribution in [3.05, 3.63) is 143 Å². The molecule has 1 aliphatic carbocycles. The zero-order chi connectivity index (χ0) is 73.0. The second-order valence-corrected chi connectivity index (χ2v) is 34.5. The molecule has 101 heavy (non-hydrogen) atoms. The smallest absolute Gasteiger partial charge is 0.380 e. The minimum absolute atomic E-state index is 0.0186. The van der Waals surface area contributed by atoms with Crippen LogP contribution in [0.15, 0.2) is 141 Å². The molecular formula is C75H99F3N10O9S4. The first-order chi connectivity index (χ1) is 47.8. The second-order valence-electron chi connectivity index (χ2n) is 29.0. The number of anilines is 2. The van der Waals surface area contributed by atoms with Gasteiger partial charge >= 0.3 is 5.51 Å². The van der Waals surface area contributed by atoms with Crippen molar-refractivity contribution >= 4 is 83.9 Å². The molecule has 26 heteroatoms. The lowest BCUT2D eigenvalue weighted by Gasteiger charge is -2.39. The number of hydrogen-bond acceptors (Lipinski definition) is 16. The number of thiazole rings is 1. The van der Waals surface area contributed by atoms with Gasteiger partial charge in [-0.25, -0.2) is 26.5 Å². The van der Waals surface area contributed by atoms with E-state index in [2.05, 4.69) is 63.0 Å². The number of carbonyl (C=O) groups is 5.